The molecule has 1 saturated heterocycles. The van der Waals surface area contributed by atoms with Crippen LogP contribution in [-0.4, -0.2) is 49.3 Å². The van der Waals surface area contributed by atoms with E-state index < -0.39 is 5.60 Å². The molecule has 1 saturated carbocycles. The van der Waals surface area contributed by atoms with Crippen LogP contribution in [0.15, 0.2) is 24.3 Å². The summed E-state index contributed by atoms with van der Waals surface area (Å²) in [5.41, 5.74) is 0.160. The zero-order valence-corrected chi connectivity index (χ0v) is 18.3. The Morgan fingerprint density at radius 1 is 1.17 bits per heavy atom. The van der Waals surface area contributed by atoms with Crippen molar-refractivity contribution in [1.82, 2.24) is 4.90 Å². The van der Waals surface area contributed by atoms with Gasteiger partial charge in [-0.15, -0.1) is 0 Å². The second-order valence-corrected chi connectivity index (χ2v) is 8.78. The fraction of sp³-hybridized carbons (Fsp3) is 0.708. The van der Waals surface area contributed by atoms with Gasteiger partial charge in [0.25, 0.3) is 5.91 Å². The third-order valence-electron chi connectivity index (χ3n) is 6.15. The molecular weight excluding hydrogens is 364 g/mol. The van der Waals surface area contributed by atoms with E-state index >= 15 is 0 Å². The number of nitrogens with one attached hydrogen (secondary N) is 1. The number of likely N-dealkylation sites (tertiary alicyclic amines) is 1. The number of anilines is 1. The van der Waals surface area contributed by atoms with E-state index in [0.717, 1.165) is 69.0 Å². The van der Waals surface area contributed by atoms with Gasteiger partial charge in [-0.05, 0) is 88.1 Å². The van der Waals surface area contributed by atoms with Crippen LogP contribution in [0.5, 0.6) is 5.75 Å². The highest BCUT2D eigenvalue weighted by Gasteiger charge is 2.42. The van der Waals surface area contributed by atoms with E-state index in [9.17, 15) is 4.79 Å². The average molecular weight is 403 g/mol. The molecule has 3 rings (SSSR count). The summed E-state index contributed by atoms with van der Waals surface area (Å²) >= 11 is 0. The van der Waals surface area contributed by atoms with Crippen LogP contribution in [0.1, 0.15) is 65.2 Å². The maximum atomic E-state index is 12.8. The standard InChI is InChI=1S/C24H38N2O3/c1-3-17-29-24(13-4-5-14-24)23(27)25-21-9-11-22(12-10-21)28-18-7-16-26-15-6-8-20(2)19-26/h9-12,20H,3-8,13-19H2,1-2H3,(H,25,27)/t20-/m0/s1. The second kappa shape index (κ2) is 11.0. The van der Waals surface area contributed by atoms with Gasteiger partial charge in [0.1, 0.15) is 11.4 Å². The molecule has 1 aromatic carbocycles. The minimum atomic E-state index is -0.642. The largest absolute Gasteiger partial charge is 0.494 e. The molecule has 2 fully saturated rings. The number of benzene rings is 1. The summed E-state index contributed by atoms with van der Waals surface area (Å²) in [7, 11) is 0. The first-order chi connectivity index (χ1) is 14.1. The third-order valence-corrected chi connectivity index (χ3v) is 6.15. The molecule has 0 unspecified atom stereocenters. The molecule has 2 aliphatic rings. The number of hydrogen-bond donors (Lipinski definition) is 1. The predicted molar refractivity (Wildman–Crippen MR) is 117 cm³/mol. The second-order valence-electron chi connectivity index (χ2n) is 8.78. The molecule has 1 aromatic rings. The smallest absolute Gasteiger partial charge is 0.256 e. The molecular formula is C24H38N2O3. The first-order valence-electron chi connectivity index (χ1n) is 11.5. The predicted octanol–water partition coefficient (Wildman–Crippen LogP) is 4.87. The molecule has 1 atom stereocenters. The molecule has 1 N–H and O–H groups in total. The maximum absolute atomic E-state index is 12.8. The van der Waals surface area contributed by atoms with E-state index in [2.05, 4.69) is 24.1 Å². The van der Waals surface area contributed by atoms with Crippen LogP contribution in [0.2, 0.25) is 0 Å². The number of carbonyl (C=O) groups excluding carboxylic acids is 1. The van der Waals surface area contributed by atoms with Crippen LogP contribution in [0, 0.1) is 5.92 Å². The number of piperidine rings is 1. The van der Waals surface area contributed by atoms with Gasteiger partial charge in [0.05, 0.1) is 6.61 Å². The molecule has 0 aromatic heterocycles. The Bertz CT molecular complexity index is 626. The summed E-state index contributed by atoms with van der Waals surface area (Å²) < 4.78 is 11.9. The van der Waals surface area contributed by atoms with Gasteiger partial charge in [0.2, 0.25) is 0 Å². The molecule has 0 spiro atoms. The lowest BCUT2D eigenvalue weighted by atomic mass is 10.0. The zero-order chi connectivity index (χ0) is 20.5. The molecule has 162 valence electrons. The SMILES string of the molecule is CCCOC1(C(=O)Nc2ccc(OCCCN3CCC[C@H](C)C3)cc2)CCCC1. The van der Waals surface area contributed by atoms with E-state index in [1.54, 1.807) is 0 Å². The molecule has 1 heterocycles. The molecule has 1 aliphatic carbocycles. The Labute approximate surface area is 176 Å². The van der Waals surface area contributed by atoms with Gasteiger partial charge in [-0.3, -0.25) is 4.79 Å². The molecule has 0 radical (unpaired) electrons. The van der Waals surface area contributed by atoms with Crippen LogP contribution in [0.3, 0.4) is 0 Å². The number of rotatable bonds is 10. The Balaban J connectivity index is 1.41. The van der Waals surface area contributed by atoms with E-state index in [4.69, 9.17) is 9.47 Å². The lowest BCUT2D eigenvalue weighted by Crippen LogP contribution is -2.43. The van der Waals surface area contributed by atoms with Gasteiger partial charge in [0, 0.05) is 25.4 Å². The quantitative estimate of drug-likeness (QED) is 0.568. The first kappa shape index (κ1) is 22.1. The average Bonchev–Trinajstić information content (AvgIpc) is 3.21. The van der Waals surface area contributed by atoms with E-state index in [-0.39, 0.29) is 5.91 Å². The summed E-state index contributed by atoms with van der Waals surface area (Å²) in [4.78, 5) is 15.4. The molecule has 1 amide bonds. The summed E-state index contributed by atoms with van der Waals surface area (Å²) in [5, 5.41) is 3.05. The highest BCUT2D eigenvalue weighted by atomic mass is 16.5. The fourth-order valence-corrected chi connectivity index (χ4v) is 4.53. The molecule has 0 bridgehead atoms. The number of carbonyl (C=O) groups is 1. The lowest BCUT2D eigenvalue weighted by molar-refractivity contribution is -0.140. The monoisotopic (exact) mass is 402 g/mol. The van der Waals surface area contributed by atoms with Crippen molar-refractivity contribution in [2.24, 2.45) is 5.92 Å². The van der Waals surface area contributed by atoms with Crippen LogP contribution in [0.25, 0.3) is 0 Å². The molecule has 1 aliphatic heterocycles. The Kier molecular flexibility index (Phi) is 8.37. The normalized spacial score (nSPS) is 21.8. The van der Waals surface area contributed by atoms with Crippen LogP contribution in [-0.2, 0) is 9.53 Å². The van der Waals surface area contributed by atoms with Crippen LogP contribution < -0.4 is 10.1 Å². The zero-order valence-electron chi connectivity index (χ0n) is 18.3. The van der Waals surface area contributed by atoms with Gasteiger partial charge >= 0.3 is 0 Å². The van der Waals surface area contributed by atoms with Crippen molar-refractivity contribution in [3.63, 3.8) is 0 Å². The summed E-state index contributed by atoms with van der Waals surface area (Å²) in [5.74, 6) is 1.67. The summed E-state index contributed by atoms with van der Waals surface area (Å²) in [6, 6.07) is 7.71. The van der Waals surface area contributed by atoms with E-state index in [0.29, 0.717) is 6.61 Å². The minimum Gasteiger partial charge on any atom is -0.494 e. The molecule has 5 nitrogen and oxygen atoms in total. The van der Waals surface area contributed by atoms with Gasteiger partial charge in [-0.1, -0.05) is 13.8 Å². The van der Waals surface area contributed by atoms with Gasteiger partial charge in [-0.25, -0.2) is 0 Å². The van der Waals surface area contributed by atoms with Crippen molar-refractivity contribution in [2.75, 3.05) is 38.2 Å². The van der Waals surface area contributed by atoms with Gasteiger partial charge < -0.3 is 19.7 Å². The van der Waals surface area contributed by atoms with E-state index in [1.165, 1.54) is 25.9 Å². The van der Waals surface area contributed by atoms with Gasteiger partial charge in [-0.2, -0.15) is 0 Å². The van der Waals surface area contributed by atoms with E-state index in [1.807, 2.05) is 24.3 Å². The number of nitrogens with zero attached hydrogens (tertiary/aromatic N) is 1. The maximum Gasteiger partial charge on any atom is 0.256 e. The van der Waals surface area contributed by atoms with Crippen molar-refractivity contribution < 1.29 is 14.3 Å². The highest BCUT2D eigenvalue weighted by molar-refractivity contribution is 5.97. The number of hydrogen-bond acceptors (Lipinski definition) is 4. The lowest BCUT2D eigenvalue weighted by Gasteiger charge is -2.30. The third kappa shape index (κ3) is 6.45. The van der Waals surface area contributed by atoms with Crippen molar-refractivity contribution in [3.05, 3.63) is 24.3 Å². The highest BCUT2D eigenvalue weighted by Crippen LogP contribution is 2.34. The molecule has 29 heavy (non-hydrogen) atoms. The Hall–Kier alpha value is -1.59. The molecule has 5 heteroatoms. The number of ether oxygens (including phenoxy) is 2. The Morgan fingerprint density at radius 3 is 2.62 bits per heavy atom. The van der Waals surface area contributed by atoms with Crippen molar-refractivity contribution in [3.8, 4) is 5.75 Å². The van der Waals surface area contributed by atoms with Crippen molar-refractivity contribution in [2.45, 2.75) is 70.8 Å². The fourth-order valence-electron chi connectivity index (χ4n) is 4.53. The Morgan fingerprint density at radius 2 is 1.93 bits per heavy atom. The number of amides is 1. The minimum absolute atomic E-state index is 0.00659. The summed E-state index contributed by atoms with van der Waals surface area (Å²) in [6.45, 7) is 9.33. The summed E-state index contributed by atoms with van der Waals surface area (Å²) in [6.07, 6.45) is 8.40. The topological polar surface area (TPSA) is 50.8 Å². The van der Waals surface area contributed by atoms with Crippen LogP contribution >= 0.6 is 0 Å². The first-order valence-corrected chi connectivity index (χ1v) is 11.5. The van der Waals surface area contributed by atoms with Gasteiger partial charge in [0.15, 0.2) is 0 Å². The van der Waals surface area contributed by atoms with Crippen molar-refractivity contribution in [1.29, 1.82) is 0 Å². The van der Waals surface area contributed by atoms with Crippen LogP contribution in [0.4, 0.5) is 5.69 Å². The van der Waals surface area contributed by atoms with Crippen molar-refractivity contribution >= 4 is 11.6 Å².